The van der Waals surface area contributed by atoms with Crippen LogP contribution in [0, 0.1) is 18.3 Å². The third-order valence-electron chi connectivity index (χ3n) is 9.47. The summed E-state index contributed by atoms with van der Waals surface area (Å²) in [5, 5.41) is 25.2. The van der Waals surface area contributed by atoms with Crippen molar-refractivity contribution in [2.24, 2.45) is 0 Å². The molecule has 0 unspecified atom stereocenters. The number of aliphatic hydroxyl groups is 1. The van der Waals surface area contributed by atoms with E-state index in [-0.39, 0.29) is 30.3 Å². The van der Waals surface area contributed by atoms with Crippen molar-refractivity contribution in [3.8, 4) is 6.07 Å². The lowest BCUT2D eigenvalue weighted by atomic mass is 9.96. The lowest BCUT2D eigenvalue weighted by Crippen LogP contribution is -2.62. The van der Waals surface area contributed by atoms with E-state index in [2.05, 4.69) is 76.0 Å². The Balaban J connectivity index is 1.32. The van der Waals surface area contributed by atoms with Crippen LogP contribution in [-0.4, -0.2) is 95.2 Å². The second-order valence-electron chi connectivity index (χ2n) is 13.3. The maximum absolute atomic E-state index is 13.7. The number of β-amino-alcohol motifs (C(OH)–C–C–N with tert-alkyl or cyclic N) is 1. The van der Waals surface area contributed by atoms with Crippen LogP contribution in [0.4, 0.5) is 11.4 Å². The van der Waals surface area contributed by atoms with Crippen LogP contribution in [0.2, 0.25) is 0 Å². The Morgan fingerprint density at radius 3 is 2.65 bits per heavy atom. The lowest BCUT2D eigenvalue weighted by molar-refractivity contribution is -0.128. The first-order valence-corrected chi connectivity index (χ1v) is 16.1. The van der Waals surface area contributed by atoms with E-state index in [0.717, 1.165) is 35.6 Å². The molecule has 0 radical (unpaired) electrons. The molecule has 46 heavy (non-hydrogen) atoms. The number of carbonyl (C=O) groups excluding carboxylic acids is 2. The third kappa shape index (κ3) is 6.30. The van der Waals surface area contributed by atoms with E-state index in [1.807, 2.05) is 19.9 Å². The zero-order chi connectivity index (χ0) is 32.6. The van der Waals surface area contributed by atoms with Gasteiger partial charge in [0.15, 0.2) is 0 Å². The number of aromatic nitrogens is 1. The van der Waals surface area contributed by atoms with E-state index in [1.165, 1.54) is 22.4 Å². The van der Waals surface area contributed by atoms with Crippen molar-refractivity contribution < 1.29 is 14.7 Å². The number of pyridine rings is 1. The molecule has 0 saturated carbocycles. The predicted molar refractivity (Wildman–Crippen MR) is 180 cm³/mol. The van der Waals surface area contributed by atoms with E-state index < -0.39 is 5.60 Å². The van der Waals surface area contributed by atoms with E-state index in [1.54, 1.807) is 4.90 Å². The van der Waals surface area contributed by atoms with Crippen LogP contribution in [0.3, 0.4) is 0 Å². The number of hydrogen-bond acceptors (Lipinski definition) is 8. The summed E-state index contributed by atoms with van der Waals surface area (Å²) < 4.78 is 0. The second kappa shape index (κ2) is 12.7. The van der Waals surface area contributed by atoms with Gasteiger partial charge in [0.25, 0.3) is 5.91 Å². The number of nitriles is 1. The van der Waals surface area contributed by atoms with Crippen molar-refractivity contribution in [2.45, 2.75) is 57.8 Å². The Morgan fingerprint density at radius 2 is 1.93 bits per heavy atom. The molecular weight excluding hydrogens is 578 g/mol. The Morgan fingerprint density at radius 1 is 1.17 bits per heavy atom. The van der Waals surface area contributed by atoms with Crippen LogP contribution in [0.5, 0.6) is 0 Å². The van der Waals surface area contributed by atoms with Gasteiger partial charge in [-0.2, -0.15) is 5.26 Å². The highest BCUT2D eigenvalue weighted by atomic mass is 16.3. The number of piperazine rings is 1. The molecule has 2 N–H and O–H groups in total. The van der Waals surface area contributed by atoms with E-state index in [4.69, 9.17) is 4.98 Å². The number of rotatable bonds is 8. The van der Waals surface area contributed by atoms with E-state index in [0.29, 0.717) is 51.5 Å². The Bertz CT molecular complexity index is 1700. The fourth-order valence-corrected chi connectivity index (χ4v) is 7.43. The predicted octanol–water partition coefficient (Wildman–Crippen LogP) is 3.41. The van der Waals surface area contributed by atoms with Gasteiger partial charge in [0.05, 0.1) is 36.4 Å². The second-order valence-corrected chi connectivity index (χ2v) is 13.3. The molecule has 10 nitrogen and oxygen atoms in total. The molecule has 6 rings (SSSR count). The van der Waals surface area contributed by atoms with Gasteiger partial charge in [-0.05, 0) is 56.4 Å². The van der Waals surface area contributed by atoms with E-state index in [9.17, 15) is 20.0 Å². The van der Waals surface area contributed by atoms with Gasteiger partial charge in [-0.1, -0.05) is 36.9 Å². The van der Waals surface area contributed by atoms with Gasteiger partial charge in [0.1, 0.15) is 5.69 Å². The van der Waals surface area contributed by atoms with Gasteiger partial charge in [-0.25, -0.2) is 4.98 Å². The highest BCUT2D eigenvalue weighted by Gasteiger charge is 2.37. The first-order chi connectivity index (χ1) is 22.1. The lowest BCUT2D eigenvalue weighted by Gasteiger charge is -2.45. The standard InChI is InChI=1S/C36H43N7O3/c1-5-33(44)43-17-16-42(20-27(43)12-14-37)32-18-29(35(45)38-25(3)19-40-22-36(4,46)23-40)39-30-21-41(15-13-28(30)32)31-11-7-10-26-9-6-8-24(2)34(26)31/h5-11,18,25,27,46H,1,12-13,15-17,19-23H2,2-4H3,(H,38,45)/t25-,27+/m1/s1. The zero-order valence-electron chi connectivity index (χ0n) is 27.0. The molecule has 2 atom stereocenters. The number of nitrogens with one attached hydrogen (secondary N) is 1. The van der Waals surface area contributed by atoms with Crippen molar-refractivity contribution >= 4 is 34.0 Å². The highest BCUT2D eigenvalue weighted by molar-refractivity contribution is 5.97. The number of hydrogen-bond donors (Lipinski definition) is 2. The van der Waals surface area contributed by atoms with Crippen molar-refractivity contribution in [2.75, 3.05) is 55.6 Å². The molecule has 2 amide bonds. The van der Waals surface area contributed by atoms with Gasteiger partial charge < -0.3 is 25.1 Å². The van der Waals surface area contributed by atoms with Crippen molar-refractivity contribution in [3.63, 3.8) is 0 Å². The summed E-state index contributed by atoms with van der Waals surface area (Å²) in [5.74, 6) is -0.411. The minimum absolute atomic E-state index is 0.131. The molecule has 240 valence electrons. The van der Waals surface area contributed by atoms with Crippen LogP contribution < -0.4 is 15.1 Å². The summed E-state index contributed by atoms with van der Waals surface area (Å²) in [6.45, 7) is 14.3. The summed E-state index contributed by atoms with van der Waals surface area (Å²) in [7, 11) is 0. The summed E-state index contributed by atoms with van der Waals surface area (Å²) in [4.78, 5) is 39.7. The third-order valence-corrected chi connectivity index (χ3v) is 9.47. The van der Waals surface area contributed by atoms with Gasteiger partial charge in [-0.15, -0.1) is 0 Å². The molecule has 2 fully saturated rings. The number of carbonyl (C=O) groups is 2. The number of anilines is 2. The monoisotopic (exact) mass is 621 g/mol. The molecule has 4 heterocycles. The molecule has 0 spiro atoms. The van der Waals surface area contributed by atoms with Gasteiger partial charge in [0, 0.05) is 74.2 Å². The zero-order valence-corrected chi connectivity index (χ0v) is 27.0. The van der Waals surface area contributed by atoms with Gasteiger partial charge in [-0.3, -0.25) is 14.5 Å². The summed E-state index contributed by atoms with van der Waals surface area (Å²) in [6, 6.07) is 16.5. The van der Waals surface area contributed by atoms with Crippen molar-refractivity contribution in [1.29, 1.82) is 5.26 Å². The number of benzene rings is 2. The minimum Gasteiger partial charge on any atom is -0.388 e. The first kappa shape index (κ1) is 31.5. The molecule has 3 aromatic rings. The number of likely N-dealkylation sites (tertiary alicyclic amines) is 1. The van der Waals surface area contributed by atoms with Crippen LogP contribution in [0.1, 0.15) is 47.6 Å². The number of amides is 2. The fraction of sp³-hybridized carbons (Fsp3) is 0.444. The average molecular weight is 622 g/mol. The SMILES string of the molecule is C=CC(=O)N1CCN(c2cc(C(=O)N[C@H](C)CN3CC(C)(O)C3)nc3c2CCN(c2cccc4cccc(C)c24)C3)C[C@@H]1CC#N. The van der Waals surface area contributed by atoms with Crippen LogP contribution >= 0.6 is 0 Å². The average Bonchev–Trinajstić information content (AvgIpc) is 3.02. The van der Waals surface area contributed by atoms with Crippen molar-refractivity contribution in [3.05, 3.63) is 77.6 Å². The fourth-order valence-electron chi connectivity index (χ4n) is 7.43. The topological polar surface area (TPSA) is 116 Å². The van der Waals surface area contributed by atoms with Crippen LogP contribution in [-0.2, 0) is 17.8 Å². The maximum Gasteiger partial charge on any atom is 0.270 e. The van der Waals surface area contributed by atoms with Crippen LogP contribution in [0.15, 0.2) is 55.1 Å². The number of aryl methyl sites for hydroxylation is 1. The molecular formula is C36H43N7O3. The molecule has 10 heteroatoms. The molecule has 0 aliphatic carbocycles. The van der Waals surface area contributed by atoms with Crippen LogP contribution in [0.25, 0.3) is 10.8 Å². The summed E-state index contributed by atoms with van der Waals surface area (Å²) >= 11 is 0. The van der Waals surface area contributed by atoms with Gasteiger partial charge >= 0.3 is 0 Å². The highest BCUT2D eigenvalue weighted by Crippen LogP contribution is 2.36. The summed E-state index contributed by atoms with van der Waals surface area (Å²) in [6.07, 6.45) is 2.27. The molecule has 2 saturated heterocycles. The minimum atomic E-state index is -0.670. The van der Waals surface area contributed by atoms with E-state index >= 15 is 0 Å². The largest absolute Gasteiger partial charge is 0.388 e. The molecule has 3 aliphatic rings. The summed E-state index contributed by atoms with van der Waals surface area (Å²) in [5.41, 5.74) is 4.99. The first-order valence-electron chi connectivity index (χ1n) is 16.1. The molecule has 1 aromatic heterocycles. The molecule has 3 aliphatic heterocycles. The maximum atomic E-state index is 13.7. The Kier molecular flexibility index (Phi) is 8.73. The normalized spacial score (nSPS) is 20.0. The number of fused-ring (bicyclic) bond motifs is 2. The number of nitrogens with zero attached hydrogens (tertiary/aromatic N) is 6. The van der Waals surface area contributed by atoms with Gasteiger partial charge in [0.2, 0.25) is 5.91 Å². The van der Waals surface area contributed by atoms with Crippen molar-refractivity contribution in [1.82, 2.24) is 20.1 Å². The molecule has 0 bridgehead atoms. The Labute approximate surface area is 270 Å². The molecule has 2 aromatic carbocycles. The quantitative estimate of drug-likeness (QED) is 0.368. The smallest absolute Gasteiger partial charge is 0.270 e. The Hall–Kier alpha value is -4.46.